The van der Waals surface area contributed by atoms with Gasteiger partial charge in [0, 0.05) is 5.75 Å². The quantitative estimate of drug-likeness (QED) is 0.335. The van der Waals surface area contributed by atoms with E-state index in [1.165, 1.54) is 11.8 Å². The van der Waals surface area contributed by atoms with Crippen molar-refractivity contribution >= 4 is 16.9 Å². The van der Waals surface area contributed by atoms with Crippen molar-refractivity contribution in [1.29, 1.82) is 5.41 Å². The molecule has 3 heteroatoms. The number of amidine groups is 1. The van der Waals surface area contributed by atoms with E-state index in [2.05, 4.69) is 0 Å². The molecule has 0 aliphatic carbocycles. The highest BCUT2D eigenvalue weighted by atomic mass is 32.2. The van der Waals surface area contributed by atoms with Gasteiger partial charge in [0.05, 0.1) is 0 Å². The first kappa shape index (κ1) is 7.56. The second-order valence-electron chi connectivity index (χ2n) is 1.24. The predicted octanol–water partition coefficient (Wildman–Crippen LogP) is 1.19. The van der Waals surface area contributed by atoms with Crippen LogP contribution in [0.4, 0.5) is 0 Å². The molecule has 0 bridgehead atoms. The monoisotopic (exact) mass is 130 g/mol. The molecule has 0 aliphatic rings. The fourth-order valence-corrected chi connectivity index (χ4v) is 0.702. The summed E-state index contributed by atoms with van der Waals surface area (Å²) in [5.74, 6) is 0.811. The third-order valence-corrected chi connectivity index (χ3v) is 1.24. The molecule has 0 heterocycles. The van der Waals surface area contributed by atoms with Crippen LogP contribution in [0.5, 0.6) is 0 Å². The van der Waals surface area contributed by atoms with Crippen LogP contribution in [0.15, 0.2) is 12.2 Å². The average Bonchev–Trinajstić information content (AvgIpc) is 1.66. The maximum atomic E-state index is 6.78. The Balaban J connectivity index is 3.05. The van der Waals surface area contributed by atoms with Gasteiger partial charge in [-0.05, 0) is 6.92 Å². The summed E-state index contributed by atoms with van der Waals surface area (Å²) in [6.45, 7) is 1.95. The van der Waals surface area contributed by atoms with Crippen LogP contribution in [0.1, 0.15) is 6.92 Å². The van der Waals surface area contributed by atoms with E-state index in [1.807, 2.05) is 19.1 Å². The minimum absolute atomic E-state index is 0.183. The minimum atomic E-state index is 0.183. The summed E-state index contributed by atoms with van der Waals surface area (Å²) in [7, 11) is 0. The lowest BCUT2D eigenvalue weighted by molar-refractivity contribution is 1.50. The first-order valence-electron chi connectivity index (χ1n) is 2.35. The molecule has 0 spiro atoms. The maximum absolute atomic E-state index is 6.78. The van der Waals surface area contributed by atoms with Crippen LogP contribution in [-0.4, -0.2) is 10.9 Å². The molecule has 0 saturated heterocycles. The van der Waals surface area contributed by atoms with Crippen molar-refractivity contribution in [3.05, 3.63) is 12.2 Å². The van der Waals surface area contributed by atoms with Gasteiger partial charge in [0.2, 0.25) is 0 Å². The van der Waals surface area contributed by atoms with Crippen LogP contribution in [0.3, 0.4) is 0 Å². The Morgan fingerprint density at radius 3 is 2.88 bits per heavy atom. The molecule has 0 aromatic rings. The molecule has 0 saturated carbocycles. The molecule has 3 N–H and O–H groups in total. The summed E-state index contributed by atoms with van der Waals surface area (Å²) in [5, 5.41) is 6.96. The number of hydrogen-bond acceptors (Lipinski definition) is 2. The van der Waals surface area contributed by atoms with E-state index in [1.54, 1.807) is 0 Å². The fraction of sp³-hybridized carbons (Fsp3) is 0.400. The van der Waals surface area contributed by atoms with Gasteiger partial charge in [-0.3, -0.25) is 5.41 Å². The molecule has 0 aromatic carbocycles. The molecule has 0 atom stereocenters. The molecule has 0 aliphatic heterocycles. The lowest BCUT2D eigenvalue weighted by Crippen LogP contribution is -2.03. The Labute approximate surface area is 53.7 Å². The van der Waals surface area contributed by atoms with Gasteiger partial charge in [-0.25, -0.2) is 0 Å². The molecule has 0 unspecified atom stereocenters. The first-order chi connectivity index (χ1) is 3.77. The van der Waals surface area contributed by atoms with Gasteiger partial charge >= 0.3 is 0 Å². The molecule has 0 fully saturated rings. The summed E-state index contributed by atoms with van der Waals surface area (Å²) < 4.78 is 0. The smallest absolute Gasteiger partial charge is 0.151 e. The second kappa shape index (κ2) is 4.71. The predicted molar refractivity (Wildman–Crippen MR) is 39.2 cm³/mol. The minimum Gasteiger partial charge on any atom is -0.379 e. The van der Waals surface area contributed by atoms with E-state index in [0.29, 0.717) is 0 Å². The van der Waals surface area contributed by atoms with Crippen molar-refractivity contribution in [2.45, 2.75) is 6.92 Å². The van der Waals surface area contributed by atoms with Crippen LogP contribution in [-0.2, 0) is 0 Å². The Morgan fingerprint density at radius 2 is 2.50 bits per heavy atom. The van der Waals surface area contributed by atoms with Crippen LogP contribution in [0.25, 0.3) is 0 Å². The van der Waals surface area contributed by atoms with Crippen molar-refractivity contribution in [3.8, 4) is 0 Å². The fourth-order valence-electron chi connectivity index (χ4n) is 0.234. The third-order valence-electron chi connectivity index (χ3n) is 0.571. The SMILES string of the molecule is C/C=C/CSC(=N)N. The number of allylic oxidation sites excluding steroid dienone is 1. The maximum Gasteiger partial charge on any atom is 0.151 e. The van der Waals surface area contributed by atoms with E-state index in [-0.39, 0.29) is 5.17 Å². The van der Waals surface area contributed by atoms with Gasteiger partial charge in [0.15, 0.2) is 5.17 Å². The third kappa shape index (κ3) is 5.56. The average molecular weight is 130 g/mol. The number of rotatable bonds is 2. The first-order valence-corrected chi connectivity index (χ1v) is 3.34. The lowest BCUT2D eigenvalue weighted by atomic mass is 10.6. The summed E-state index contributed by atoms with van der Waals surface area (Å²) >= 11 is 1.33. The Morgan fingerprint density at radius 1 is 1.88 bits per heavy atom. The van der Waals surface area contributed by atoms with E-state index in [0.717, 1.165) is 5.75 Å². The van der Waals surface area contributed by atoms with Gasteiger partial charge in [-0.1, -0.05) is 23.9 Å². The molecule has 2 nitrogen and oxygen atoms in total. The molecule has 8 heavy (non-hydrogen) atoms. The van der Waals surface area contributed by atoms with Gasteiger partial charge in [0.1, 0.15) is 0 Å². The highest BCUT2D eigenvalue weighted by Gasteiger charge is 1.82. The highest BCUT2D eigenvalue weighted by molar-refractivity contribution is 8.13. The number of nitrogens with one attached hydrogen (secondary N) is 1. The highest BCUT2D eigenvalue weighted by Crippen LogP contribution is 1.96. The van der Waals surface area contributed by atoms with Crippen LogP contribution >= 0.6 is 11.8 Å². The van der Waals surface area contributed by atoms with E-state index >= 15 is 0 Å². The van der Waals surface area contributed by atoms with Gasteiger partial charge in [0.25, 0.3) is 0 Å². The lowest BCUT2D eigenvalue weighted by Gasteiger charge is -1.88. The standard InChI is InChI=1S/C5H10N2S/c1-2-3-4-8-5(6)7/h2-3H,4H2,1H3,(H3,6,7)/b3-2+. The van der Waals surface area contributed by atoms with Crippen LogP contribution in [0, 0.1) is 5.41 Å². The molecule has 0 amide bonds. The van der Waals surface area contributed by atoms with Crippen LogP contribution in [0.2, 0.25) is 0 Å². The van der Waals surface area contributed by atoms with Crippen molar-refractivity contribution in [2.24, 2.45) is 5.73 Å². The largest absolute Gasteiger partial charge is 0.379 e. The number of nitrogens with two attached hydrogens (primary N) is 1. The Bertz CT molecular complexity index is 98.6. The zero-order valence-electron chi connectivity index (χ0n) is 4.85. The van der Waals surface area contributed by atoms with Gasteiger partial charge < -0.3 is 5.73 Å². The van der Waals surface area contributed by atoms with E-state index in [9.17, 15) is 0 Å². The second-order valence-corrected chi connectivity index (χ2v) is 2.31. The molecule has 46 valence electrons. The van der Waals surface area contributed by atoms with E-state index in [4.69, 9.17) is 11.1 Å². The topological polar surface area (TPSA) is 49.9 Å². The Hall–Kier alpha value is -0.440. The summed E-state index contributed by atoms with van der Waals surface area (Å²) in [4.78, 5) is 0. The molecule has 0 aromatic heterocycles. The molecule has 0 rings (SSSR count). The van der Waals surface area contributed by atoms with Gasteiger partial charge in [-0.15, -0.1) is 0 Å². The summed E-state index contributed by atoms with van der Waals surface area (Å²) in [6.07, 6.45) is 3.90. The van der Waals surface area contributed by atoms with E-state index < -0.39 is 0 Å². The van der Waals surface area contributed by atoms with Crippen molar-refractivity contribution < 1.29 is 0 Å². The number of thioether (sulfide) groups is 1. The summed E-state index contributed by atoms with van der Waals surface area (Å²) in [6, 6.07) is 0. The summed E-state index contributed by atoms with van der Waals surface area (Å²) in [5.41, 5.74) is 5.05. The normalized spacial score (nSPS) is 10.1. The molecular weight excluding hydrogens is 120 g/mol. The molecular formula is C5H10N2S. The van der Waals surface area contributed by atoms with Crippen molar-refractivity contribution in [2.75, 3.05) is 5.75 Å². The van der Waals surface area contributed by atoms with Gasteiger partial charge in [-0.2, -0.15) is 0 Å². The van der Waals surface area contributed by atoms with Crippen molar-refractivity contribution in [3.63, 3.8) is 0 Å². The molecule has 0 radical (unpaired) electrons. The zero-order valence-corrected chi connectivity index (χ0v) is 5.66. The zero-order chi connectivity index (χ0) is 6.41. The number of hydrogen-bond donors (Lipinski definition) is 2. The van der Waals surface area contributed by atoms with Crippen molar-refractivity contribution in [1.82, 2.24) is 0 Å². The Kier molecular flexibility index (Phi) is 4.45. The van der Waals surface area contributed by atoms with Crippen LogP contribution < -0.4 is 5.73 Å².